The molecule has 1 amide bonds. The minimum Gasteiger partial charge on any atom is -0.382 e. The second-order valence-corrected chi connectivity index (χ2v) is 5.67. The van der Waals surface area contributed by atoms with Gasteiger partial charge in [-0.3, -0.25) is 4.79 Å². The molecular weight excluding hydrogens is 248 g/mol. The molecular formula is C12H22N4OS. The van der Waals surface area contributed by atoms with Crippen LogP contribution in [-0.2, 0) is 0 Å². The smallest absolute Gasteiger partial charge is 0.265 e. The van der Waals surface area contributed by atoms with Crippen LogP contribution in [0.2, 0.25) is 0 Å². The summed E-state index contributed by atoms with van der Waals surface area (Å²) in [5.74, 6) is 0.545. The Bertz CT molecular complexity index is 403. The fourth-order valence-electron chi connectivity index (χ4n) is 1.24. The molecule has 0 saturated carbocycles. The number of rotatable bonds is 6. The third-order valence-electron chi connectivity index (χ3n) is 2.74. The maximum absolute atomic E-state index is 12.0. The number of aromatic nitrogens is 1. The van der Waals surface area contributed by atoms with E-state index >= 15 is 0 Å². The van der Waals surface area contributed by atoms with Gasteiger partial charge in [0.05, 0.1) is 0 Å². The number of nitrogens with zero attached hydrogens (tertiary/aromatic N) is 1. The molecule has 0 aromatic carbocycles. The highest BCUT2D eigenvalue weighted by Gasteiger charge is 2.18. The van der Waals surface area contributed by atoms with E-state index in [0.29, 0.717) is 21.7 Å². The Morgan fingerprint density at radius 1 is 1.44 bits per heavy atom. The first-order chi connectivity index (χ1) is 8.45. The summed E-state index contributed by atoms with van der Waals surface area (Å²) in [6.07, 6.45) is 1.01. The van der Waals surface area contributed by atoms with Crippen molar-refractivity contribution in [1.82, 2.24) is 10.3 Å². The predicted octanol–water partition coefficient (Wildman–Crippen LogP) is 2.32. The lowest BCUT2D eigenvalue weighted by atomic mass is 10.1. The molecule has 6 heteroatoms. The zero-order valence-electron chi connectivity index (χ0n) is 11.4. The molecule has 102 valence electrons. The Morgan fingerprint density at radius 3 is 2.67 bits per heavy atom. The molecule has 0 aliphatic heterocycles. The molecule has 0 aliphatic carbocycles. The minimum atomic E-state index is -0.143. The van der Waals surface area contributed by atoms with Gasteiger partial charge < -0.3 is 16.4 Å². The molecule has 0 radical (unpaired) electrons. The van der Waals surface area contributed by atoms with E-state index in [4.69, 9.17) is 5.73 Å². The lowest BCUT2D eigenvalue weighted by molar-refractivity contribution is 0.0935. The predicted molar refractivity (Wildman–Crippen MR) is 77.1 cm³/mol. The molecule has 0 saturated heterocycles. The highest BCUT2D eigenvalue weighted by Crippen LogP contribution is 2.25. The van der Waals surface area contributed by atoms with Gasteiger partial charge >= 0.3 is 0 Å². The Labute approximate surface area is 112 Å². The van der Waals surface area contributed by atoms with Crippen molar-refractivity contribution >= 4 is 28.2 Å². The topological polar surface area (TPSA) is 80.0 Å². The number of thiazole rings is 1. The summed E-state index contributed by atoms with van der Waals surface area (Å²) in [4.78, 5) is 16.7. The molecule has 18 heavy (non-hydrogen) atoms. The van der Waals surface area contributed by atoms with Crippen molar-refractivity contribution in [3.05, 3.63) is 4.88 Å². The van der Waals surface area contributed by atoms with Gasteiger partial charge in [-0.05, 0) is 19.3 Å². The van der Waals surface area contributed by atoms with E-state index in [0.717, 1.165) is 13.0 Å². The molecule has 1 rings (SSSR count). The molecule has 1 aromatic heterocycles. The fraction of sp³-hybridized carbons (Fsp3) is 0.667. The first-order valence-electron chi connectivity index (χ1n) is 6.26. The summed E-state index contributed by atoms with van der Waals surface area (Å²) in [6.45, 7) is 9.01. The second-order valence-electron chi connectivity index (χ2n) is 4.67. The van der Waals surface area contributed by atoms with E-state index in [9.17, 15) is 4.79 Å². The third kappa shape index (κ3) is 3.87. The molecule has 0 spiro atoms. The zero-order chi connectivity index (χ0) is 13.7. The number of anilines is 2. The van der Waals surface area contributed by atoms with Gasteiger partial charge in [-0.15, -0.1) is 0 Å². The highest BCUT2D eigenvalue weighted by molar-refractivity contribution is 7.18. The van der Waals surface area contributed by atoms with Crippen LogP contribution in [0.3, 0.4) is 0 Å². The molecule has 0 fully saturated rings. The van der Waals surface area contributed by atoms with E-state index in [1.165, 1.54) is 11.3 Å². The van der Waals surface area contributed by atoms with Crippen LogP contribution in [0.4, 0.5) is 10.9 Å². The van der Waals surface area contributed by atoms with Crippen LogP contribution in [0.25, 0.3) is 0 Å². The van der Waals surface area contributed by atoms with Crippen LogP contribution in [0.5, 0.6) is 0 Å². The zero-order valence-corrected chi connectivity index (χ0v) is 12.2. The van der Waals surface area contributed by atoms with Gasteiger partial charge in [-0.2, -0.15) is 0 Å². The first kappa shape index (κ1) is 14.8. The number of nitrogens with two attached hydrogens (primary N) is 1. The number of hydrogen-bond acceptors (Lipinski definition) is 5. The van der Waals surface area contributed by atoms with Crippen molar-refractivity contribution < 1.29 is 4.79 Å². The number of nitrogen functional groups attached to an aromatic ring is 1. The summed E-state index contributed by atoms with van der Waals surface area (Å²) >= 11 is 1.30. The van der Waals surface area contributed by atoms with E-state index in [1.807, 2.05) is 6.92 Å². The highest BCUT2D eigenvalue weighted by atomic mass is 32.1. The molecule has 1 heterocycles. The number of hydrogen-bond donors (Lipinski definition) is 3. The number of amides is 1. The normalized spacial score (nSPS) is 12.5. The molecule has 1 aromatic rings. The quantitative estimate of drug-likeness (QED) is 0.741. The Kier molecular flexibility index (Phi) is 5.40. The first-order valence-corrected chi connectivity index (χ1v) is 7.08. The van der Waals surface area contributed by atoms with Crippen molar-refractivity contribution in [2.45, 2.75) is 40.2 Å². The van der Waals surface area contributed by atoms with Crippen molar-refractivity contribution in [2.24, 2.45) is 5.92 Å². The average Bonchev–Trinajstić information content (AvgIpc) is 2.67. The molecule has 1 atom stereocenters. The Morgan fingerprint density at radius 2 is 2.11 bits per heavy atom. The van der Waals surface area contributed by atoms with Crippen molar-refractivity contribution in [3.8, 4) is 0 Å². The molecule has 0 aliphatic rings. The molecule has 5 nitrogen and oxygen atoms in total. The van der Waals surface area contributed by atoms with Crippen molar-refractivity contribution in [1.29, 1.82) is 0 Å². The van der Waals surface area contributed by atoms with Gasteiger partial charge in [-0.1, -0.05) is 32.1 Å². The largest absolute Gasteiger partial charge is 0.382 e. The van der Waals surface area contributed by atoms with Gasteiger partial charge in [0.25, 0.3) is 5.91 Å². The maximum atomic E-state index is 12.0. The maximum Gasteiger partial charge on any atom is 0.265 e. The average molecular weight is 270 g/mol. The van der Waals surface area contributed by atoms with E-state index < -0.39 is 0 Å². The minimum absolute atomic E-state index is 0.117. The van der Waals surface area contributed by atoms with Crippen LogP contribution in [-0.4, -0.2) is 23.5 Å². The van der Waals surface area contributed by atoms with Gasteiger partial charge in [-0.25, -0.2) is 4.98 Å². The fourth-order valence-corrected chi connectivity index (χ4v) is 2.05. The van der Waals surface area contributed by atoms with Crippen LogP contribution in [0.1, 0.15) is 43.8 Å². The van der Waals surface area contributed by atoms with E-state index in [-0.39, 0.29) is 11.9 Å². The Balaban J connectivity index is 2.70. The van der Waals surface area contributed by atoms with Crippen LogP contribution >= 0.6 is 11.3 Å². The van der Waals surface area contributed by atoms with Crippen molar-refractivity contribution in [2.75, 3.05) is 17.6 Å². The molecule has 0 bridgehead atoms. The van der Waals surface area contributed by atoms with Crippen LogP contribution < -0.4 is 16.4 Å². The summed E-state index contributed by atoms with van der Waals surface area (Å²) in [6, 6.07) is 0.117. The summed E-state index contributed by atoms with van der Waals surface area (Å²) in [7, 11) is 0. The molecule has 1 unspecified atom stereocenters. The lowest BCUT2D eigenvalue weighted by Crippen LogP contribution is -2.35. The lowest BCUT2D eigenvalue weighted by Gasteiger charge is -2.16. The van der Waals surface area contributed by atoms with Gasteiger partial charge in [0, 0.05) is 12.6 Å². The SMILES string of the molecule is CCCNc1nc(N)c(C(=O)NC(C)C(C)C)s1. The number of carbonyl (C=O) groups excluding carboxylic acids is 1. The van der Waals surface area contributed by atoms with Crippen LogP contribution in [0, 0.1) is 5.92 Å². The summed E-state index contributed by atoms with van der Waals surface area (Å²) in [5, 5.41) is 6.77. The number of carbonyl (C=O) groups is 1. The third-order valence-corrected chi connectivity index (χ3v) is 3.77. The van der Waals surface area contributed by atoms with E-state index in [1.54, 1.807) is 0 Å². The van der Waals surface area contributed by atoms with Gasteiger partial charge in [0.2, 0.25) is 0 Å². The van der Waals surface area contributed by atoms with Gasteiger partial charge in [0.1, 0.15) is 10.7 Å². The standard InChI is InChI=1S/C12H22N4OS/c1-5-6-14-12-16-10(13)9(18-12)11(17)15-8(4)7(2)3/h7-8H,5-6,13H2,1-4H3,(H,14,16)(H,15,17). The van der Waals surface area contributed by atoms with Crippen molar-refractivity contribution in [3.63, 3.8) is 0 Å². The van der Waals surface area contributed by atoms with E-state index in [2.05, 4.69) is 36.4 Å². The molecule has 4 N–H and O–H groups in total. The monoisotopic (exact) mass is 270 g/mol. The summed E-state index contributed by atoms with van der Waals surface area (Å²) < 4.78 is 0. The van der Waals surface area contributed by atoms with Crippen LogP contribution in [0.15, 0.2) is 0 Å². The summed E-state index contributed by atoms with van der Waals surface area (Å²) in [5.41, 5.74) is 5.76. The number of nitrogens with one attached hydrogen (secondary N) is 2. The second kappa shape index (κ2) is 6.58. The Hall–Kier alpha value is -1.30. The van der Waals surface area contributed by atoms with Gasteiger partial charge in [0.15, 0.2) is 5.13 Å².